The van der Waals surface area contributed by atoms with Gasteiger partial charge in [0.25, 0.3) is 0 Å². The zero-order valence-electron chi connectivity index (χ0n) is 13.3. The Kier molecular flexibility index (Phi) is 7.09. The highest BCUT2D eigenvalue weighted by Crippen LogP contribution is 2.59. The van der Waals surface area contributed by atoms with Gasteiger partial charge in [0.1, 0.15) is 6.10 Å². The lowest BCUT2D eigenvalue weighted by Crippen LogP contribution is -2.29. The first-order valence-electron chi connectivity index (χ1n) is 7.15. The predicted octanol–water partition coefficient (Wildman–Crippen LogP) is 3.64. The lowest BCUT2D eigenvalue weighted by atomic mass is 10.1. The van der Waals surface area contributed by atoms with E-state index in [4.69, 9.17) is 13.8 Å². The van der Waals surface area contributed by atoms with Crippen molar-refractivity contribution in [2.45, 2.75) is 70.7 Å². The largest absolute Gasteiger partial charge is 0.370 e. The molecule has 6 atom stereocenters. The molecule has 1 aliphatic rings. The number of ether oxygens (including phenoxy) is 1. The maximum Gasteiger partial charge on any atom is 0.330 e. The molecule has 0 radical (unpaired) electrons. The minimum atomic E-state index is -3.67. The van der Waals surface area contributed by atoms with Gasteiger partial charge >= 0.3 is 7.60 Å². The first-order valence-corrected chi connectivity index (χ1v) is 12.1. The molecule has 21 heavy (non-hydrogen) atoms. The molecule has 126 valence electrons. The Morgan fingerprint density at radius 3 is 2.33 bits per heavy atom. The van der Waals surface area contributed by atoms with Gasteiger partial charge in [-0.2, -0.15) is 0 Å². The van der Waals surface area contributed by atoms with E-state index < -0.39 is 32.5 Å². The topological polar surface area (TPSA) is 82.1 Å². The summed E-state index contributed by atoms with van der Waals surface area (Å²) >= 11 is 0. The zero-order valence-corrected chi connectivity index (χ0v) is 16.2. The molecular formula is C12H27O6P3. The van der Waals surface area contributed by atoms with Gasteiger partial charge in [0.15, 0.2) is 0 Å². The summed E-state index contributed by atoms with van der Waals surface area (Å²) in [5.41, 5.74) is -0.584. The van der Waals surface area contributed by atoms with Gasteiger partial charge in [-0.15, -0.1) is 0 Å². The second kappa shape index (κ2) is 7.53. The van der Waals surface area contributed by atoms with Crippen molar-refractivity contribution >= 4 is 23.6 Å². The normalized spacial score (nSPS) is 32.3. The molecule has 1 N–H and O–H groups in total. The van der Waals surface area contributed by atoms with Crippen molar-refractivity contribution in [1.29, 1.82) is 0 Å². The average molecular weight is 360 g/mol. The van der Waals surface area contributed by atoms with Gasteiger partial charge in [-0.3, -0.25) is 9.13 Å². The van der Waals surface area contributed by atoms with Crippen LogP contribution < -0.4 is 0 Å². The highest BCUT2D eigenvalue weighted by Gasteiger charge is 2.40. The number of hydrogen-bond acceptors (Lipinski definition) is 5. The fourth-order valence-electron chi connectivity index (χ4n) is 1.83. The standard InChI is InChI=1S/C12H27O6P3/c1-8(2)20(13,14)18-11-6-10(5)17-12(11)7-16-21(15,19)9(3)4/h8-12H,6-7,19H2,1-5H3,(H,13,14)/t10-,11-,12+,21?/m0/s1. The smallest absolute Gasteiger partial charge is 0.330 e. The lowest BCUT2D eigenvalue weighted by Gasteiger charge is -2.25. The van der Waals surface area contributed by atoms with Crippen LogP contribution in [0.25, 0.3) is 0 Å². The molecule has 1 saturated heterocycles. The van der Waals surface area contributed by atoms with Crippen molar-refractivity contribution in [3.8, 4) is 0 Å². The van der Waals surface area contributed by atoms with Gasteiger partial charge in [-0.1, -0.05) is 27.7 Å². The van der Waals surface area contributed by atoms with Crippen molar-refractivity contribution in [1.82, 2.24) is 0 Å². The fourth-order valence-corrected chi connectivity index (χ4v) is 3.62. The van der Waals surface area contributed by atoms with E-state index in [-0.39, 0.29) is 18.4 Å². The van der Waals surface area contributed by atoms with Crippen LogP contribution in [0.4, 0.5) is 0 Å². The van der Waals surface area contributed by atoms with Crippen molar-refractivity contribution in [3.63, 3.8) is 0 Å². The predicted molar refractivity (Wildman–Crippen MR) is 87.2 cm³/mol. The Bertz CT molecular complexity index is 439. The highest BCUT2D eigenvalue weighted by atomic mass is 32.0. The molecule has 0 bridgehead atoms. The molecule has 0 saturated carbocycles. The molecule has 1 fully saturated rings. The Morgan fingerprint density at radius 2 is 1.86 bits per heavy atom. The van der Waals surface area contributed by atoms with Crippen molar-refractivity contribution in [2.75, 3.05) is 6.61 Å². The summed E-state index contributed by atoms with van der Waals surface area (Å²) in [4.78, 5) is 9.85. The van der Waals surface area contributed by atoms with Crippen molar-refractivity contribution in [2.24, 2.45) is 0 Å². The molecule has 0 aromatic rings. The molecule has 9 heteroatoms. The minimum absolute atomic E-state index is 0.0845. The lowest BCUT2D eigenvalue weighted by molar-refractivity contribution is -0.00585. The van der Waals surface area contributed by atoms with E-state index in [9.17, 15) is 14.0 Å². The summed E-state index contributed by atoms with van der Waals surface area (Å²) in [6.07, 6.45) is -0.560. The molecule has 0 amide bonds. The third-order valence-electron chi connectivity index (χ3n) is 3.49. The molecule has 3 unspecified atom stereocenters. The third kappa shape index (κ3) is 5.70. The van der Waals surface area contributed by atoms with Gasteiger partial charge in [0.05, 0.1) is 24.5 Å². The summed E-state index contributed by atoms with van der Waals surface area (Å²) in [6, 6.07) is 0. The molecular weight excluding hydrogens is 333 g/mol. The highest BCUT2D eigenvalue weighted by molar-refractivity contribution is 8.15. The molecule has 1 rings (SSSR count). The maximum absolute atomic E-state index is 12.2. The zero-order chi connectivity index (χ0) is 16.4. The Hall–Kier alpha value is 0.730. The summed E-state index contributed by atoms with van der Waals surface area (Å²) in [6.45, 7) is 8.88. The van der Waals surface area contributed by atoms with E-state index in [0.29, 0.717) is 6.42 Å². The van der Waals surface area contributed by atoms with Gasteiger partial charge in [0, 0.05) is 12.1 Å². The fraction of sp³-hybridized carbons (Fsp3) is 1.00. The number of rotatable bonds is 7. The van der Waals surface area contributed by atoms with Crippen molar-refractivity contribution < 1.29 is 27.8 Å². The summed E-state index contributed by atoms with van der Waals surface area (Å²) in [5.74, 6) is 0. The molecule has 0 aromatic carbocycles. The molecule has 1 heterocycles. The second-order valence-corrected chi connectivity index (χ2v) is 13.2. The number of hydrogen-bond donors (Lipinski definition) is 1. The van der Waals surface area contributed by atoms with Crippen LogP contribution in [-0.4, -0.2) is 41.1 Å². The Labute approximate surface area is 129 Å². The first-order chi connectivity index (χ1) is 9.45. The van der Waals surface area contributed by atoms with Crippen LogP contribution in [0.3, 0.4) is 0 Å². The van der Waals surface area contributed by atoms with E-state index in [1.807, 2.05) is 20.8 Å². The van der Waals surface area contributed by atoms with Crippen LogP contribution in [0.5, 0.6) is 0 Å². The quantitative estimate of drug-likeness (QED) is 0.698. The molecule has 1 aliphatic heterocycles. The Balaban J connectivity index is 2.68. The van der Waals surface area contributed by atoms with Crippen LogP contribution in [0.1, 0.15) is 41.0 Å². The van der Waals surface area contributed by atoms with E-state index in [1.54, 1.807) is 13.8 Å². The van der Waals surface area contributed by atoms with E-state index in [2.05, 4.69) is 8.93 Å². The van der Waals surface area contributed by atoms with Crippen molar-refractivity contribution in [3.05, 3.63) is 0 Å². The van der Waals surface area contributed by atoms with Crippen LogP contribution >= 0.6 is 23.6 Å². The third-order valence-corrected chi connectivity index (χ3v) is 9.59. The molecule has 0 aliphatic carbocycles. The SMILES string of the molecule is CC(C)P(=O)(O)O[C@H]1C[C@H](C)O[C@@H]1COP(=O)(P)C(C)C. The average Bonchev–Trinajstić information content (AvgIpc) is 2.66. The van der Waals surface area contributed by atoms with Gasteiger partial charge < -0.3 is 18.7 Å². The minimum Gasteiger partial charge on any atom is -0.370 e. The maximum atomic E-state index is 12.2. The Morgan fingerprint density at radius 1 is 1.29 bits per heavy atom. The van der Waals surface area contributed by atoms with Crippen LogP contribution in [-0.2, 0) is 22.9 Å². The van der Waals surface area contributed by atoms with Crippen LogP contribution in [0.15, 0.2) is 0 Å². The van der Waals surface area contributed by atoms with E-state index in [1.165, 1.54) is 0 Å². The monoisotopic (exact) mass is 360 g/mol. The molecule has 0 aromatic heterocycles. The summed E-state index contributed by atoms with van der Waals surface area (Å²) in [5, 5.41) is 0. The van der Waals surface area contributed by atoms with Crippen LogP contribution in [0, 0.1) is 0 Å². The first kappa shape index (κ1) is 19.8. The van der Waals surface area contributed by atoms with Gasteiger partial charge in [-0.05, 0) is 15.9 Å². The van der Waals surface area contributed by atoms with E-state index in [0.717, 1.165) is 0 Å². The molecule has 6 nitrogen and oxygen atoms in total. The second-order valence-electron chi connectivity index (χ2n) is 6.06. The van der Waals surface area contributed by atoms with Gasteiger partial charge in [0.2, 0.25) is 7.06 Å². The van der Waals surface area contributed by atoms with Crippen LogP contribution in [0.2, 0.25) is 0 Å². The summed E-state index contributed by atoms with van der Waals surface area (Å²) in [7, 11) is -4.19. The van der Waals surface area contributed by atoms with Gasteiger partial charge in [-0.25, -0.2) is 0 Å². The van der Waals surface area contributed by atoms with E-state index >= 15 is 0 Å². The molecule has 0 spiro atoms. The summed E-state index contributed by atoms with van der Waals surface area (Å²) < 4.78 is 40.7.